The van der Waals surface area contributed by atoms with E-state index in [0.29, 0.717) is 24.0 Å². The van der Waals surface area contributed by atoms with E-state index in [0.717, 1.165) is 30.6 Å². The van der Waals surface area contributed by atoms with Gasteiger partial charge in [0.2, 0.25) is 0 Å². The molecule has 26 heavy (non-hydrogen) atoms. The largest absolute Gasteiger partial charge is 0.466 e. The van der Waals surface area contributed by atoms with Crippen LogP contribution in [0.25, 0.3) is 0 Å². The molecule has 0 aliphatic heterocycles. The van der Waals surface area contributed by atoms with Crippen molar-refractivity contribution >= 4 is 5.97 Å². The van der Waals surface area contributed by atoms with Gasteiger partial charge in [-0.05, 0) is 80.5 Å². The Bertz CT molecular complexity index is 619. The van der Waals surface area contributed by atoms with Crippen molar-refractivity contribution in [2.24, 2.45) is 29.1 Å². The van der Waals surface area contributed by atoms with Crippen molar-refractivity contribution in [3.63, 3.8) is 0 Å². The van der Waals surface area contributed by atoms with Gasteiger partial charge in [0.1, 0.15) is 0 Å². The van der Waals surface area contributed by atoms with E-state index in [1.54, 1.807) is 11.1 Å². The molecule has 0 saturated heterocycles. The molecule has 144 valence electrons. The Hall–Kier alpha value is -1.09. The van der Waals surface area contributed by atoms with Crippen LogP contribution in [0.5, 0.6) is 0 Å². The number of rotatable bonds is 4. The Balaban J connectivity index is 1.50. The zero-order valence-corrected chi connectivity index (χ0v) is 16.6. The number of carbonyl (C=O) groups is 1. The van der Waals surface area contributed by atoms with Gasteiger partial charge in [0.25, 0.3) is 0 Å². The Kier molecular flexibility index (Phi) is 5.02. The molecule has 3 heteroatoms. The molecule has 4 aliphatic carbocycles. The number of carbonyl (C=O) groups excluding carboxylic acids is 1. The summed E-state index contributed by atoms with van der Waals surface area (Å²) >= 11 is 0. The summed E-state index contributed by atoms with van der Waals surface area (Å²) < 4.78 is 10.9. The van der Waals surface area contributed by atoms with Crippen LogP contribution in [0.1, 0.15) is 65.2 Å². The minimum Gasteiger partial charge on any atom is -0.466 e. The molecule has 3 nitrogen and oxygen atoms in total. The molecule has 4 unspecified atom stereocenters. The molecule has 0 amide bonds. The maximum atomic E-state index is 11.1. The van der Waals surface area contributed by atoms with Gasteiger partial charge in [-0.15, -0.1) is 0 Å². The Morgan fingerprint density at radius 2 is 2.00 bits per heavy atom. The fraction of sp³-hybridized carbons (Fsp3) is 0.783. The third kappa shape index (κ3) is 3.06. The highest BCUT2D eigenvalue weighted by atomic mass is 16.5. The van der Waals surface area contributed by atoms with Gasteiger partial charge in [0, 0.05) is 14.0 Å². The Morgan fingerprint density at radius 1 is 1.15 bits per heavy atom. The maximum absolute atomic E-state index is 11.1. The lowest BCUT2D eigenvalue weighted by atomic mass is 9.55. The number of hydrogen-bond acceptors (Lipinski definition) is 3. The van der Waals surface area contributed by atoms with Crippen molar-refractivity contribution in [3.8, 4) is 0 Å². The lowest BCUT2D eigenvalue weighted by molar-refractivity contribution is -0.141. The molecule has 0 aromatic carbocycles. The van der Waals surface area contributed by atoms with Crippen molar-refractivity contribution in [1.29, 1.82) is 0 Å². The highest BCUT2D eigenvalue weighted by molar-refractivity contribution is 5.65. The molecule has 0 spiro atoms. The van der Waals surface area contributed by atoms with E-state index < -0.39 is 0 Å². The highest BCUT2D eigenvalue weighted by Crippen LogP contribution is 2.62. The van der Waals surface area contributed by atoms with E-state index in [1.807, 2.05) is 7.11 Å². The first-order valence-electron chi connectivity index (χ1n) is 10.6. The van der Waals surface area contributed by atoms with Gasteiger partial charge in [-0.1, -0.05) is 30.2 Å². The quantitative estimate of drug-likeness (QED) is 0.659. The van der Waals surface area contributed by atoms with Gasteiger partial charge in [0.15, 0.2) is 0 Å². The number of hydrogen-bond donors (Lipinski definition) is 0. The Labute approximate surface area is 158 Å². The number of esters is 1. The summed E-state index contributed by atoms with van der Waals surface area (Å²) in [6.07, 6.45) is 15.3. The van der Waals surface area contributed by atoms with Crippen molar-refractivity contribution in [2.75, 3.05) is 13.7 Å². The predicted molar refractivity (Wildman–Crippen MR) is 103 cm³/mol. The number of fused-ring (bicyclic) bond motifs is 5. The Morgan fingerprint density at radius 3 is 2.77 bits per heavy atom. The highest BCUT2D eigenvalue weighted by Gasteiger charge is 2.53. The molecule has 0 N–H and O–H groups in total. The second kappa shape index (κ2) is 7.14. The van der Waals surface area contributed by atoms with Crippen LogP contribution in [0.4, 0.5) is 0 Å². The summed E-state index contributed by atoms with van der Waals surface area (Å²) in [5.41, 5.74) is 3.79. The van der Waals surface area contributed by atoms with Crippen molar-refractivity contribution in [1.82, 2.24) is 0 Å². The van der Waals surface area contributed by atoms with E-state index in [9.17, 15) is 4.79 Å². The lowest BCUT2D eigenvalue weighted by Gasteiger charge is -2.50. The molecule has 0 radical (unpaired) electrons. The van der Waals surface area contributed by atoms with E-state index >= 15 is 0 Å². The average molecular weight is 359 g/mol. The van der Waals surface area contributed by atoms with E-state index in [-0.39, 0.29) is 5.97 Å². The van der Waals surface area contributed by atoms with E-state index in [4.69, 9.17) is 9.47 Å². The zero-order valence-electron chi connectivity index (χ0n) is 16.6. The fourth-order valence-electron chi connectivity index (χ4n) is 6.74. The molecule has 6 atom stereocenters. The molecular formula is C23H34O3. The van der Waals surface area contributed by atoms with Gasteiger partial charge in [-0.2, -0.15) is 0 Å². The number of methoxy groups -OCH3 is 1. The van der Waals surface area contributed by atoms with Crippen LogP contribution in [-0.2, 0) is 14.3 Å². The first-order valence-corrected chi connectivity index (χ1v) is 10.6. The third-order valence-corrected chi connectivity index (χ3v) is 8.18. The smallest absolute Gasteiger partial charge is 0.302 e. The van der Waals surface area contributed by atoms with E-state index in [1.165, 1.54) is 45.4 Å². The third-order valence-electron chi connectivity index (χ3n) is 8.18. The van der Waals surface area contributed by atoms with Crippen LogP contribution in [-0.4, -0.2) is 25.8 Å². The van der Waals surface area contributed by atoms with Gasteiger partial charge >= 0.3 is 5.97 Å². The summed E-state index contributed by atoms with van der Waals surface area (Å²) in [5, 5.41) is 0. The first-order chi connectivity index (χ1) is 12.5. The molecule has 0 bridgehead atoms. The predicted octanol–water partition coefficient (Wildman–Crippen LogP) is 5.06. The summed E-state index contributed by atoms with van der Waals surface area (Å²) in [4.78, 5) is 11.1. The molecule has 0 aromatic heterocycles. The maximum Gasteiger partial charge on any atom is 0.302 e. The molecule has 3 fully saturated rings. The van der Waals surface area contributed by atoms with Gasteiger partial charge < -0.3 is 9.47 Å². The minimum absolute atomic E-state index is 0.146. The molecule has 0 aromatic rings. The SMILES string of the molecule is COC1CCC2C(=CC=C3C2CC[C@@]2(C)C3CC[C@@H]2CCOC(C)=O)C1. The molecule has 3 saturated carbocycles. The number of allylic oxidation sites excluding steroid dienone is 3. The first kappa shape index (κ1) is 18.3. The molecule has 0 heterocycles. The van der Waals surface area contributed by atoms with Crippen molar-refractivity contribution < 1.29 is 14.3 Å². The molecule has 4 aliphatic rings. The average Bonchev–Trinajstić information content (AvgIpc) is 2.97. The van der Waals surface area contributed by atoms with Crippen molar-refractivity contribution in [2.45, 2.75) is 71.3 Å². The van der Waals surface area contributed by atoms with Crippen LogP contribution in [0.3, 0.4) is 0 Å². The van der Waals surface area contributed by atoms with Crippen LogP contribution < -0.4 is 0 Å². The standard InChI is InChI=1S/C23H34O3/c1-15(24)26-13-11-17-5-9-22-21-7-4-16-14-18(25-3)6-8-19(16)20(21)10-12-23(17,22)2/h4,7,17-20,22H,5-6,8-14H2,1-3H3/t17-,18?,19?,20?,22?,23-/m1/s1. The van der Waals surface area contributed by atoms with E-state index in [2.05, 4.69) is 19.1 Å². The minimum atomic E-state index is -0.146. The van der Waals surface area contributed by atoms with Gasteiger partial charge in [-0.25, -0.2) is 0 Å². The summed E-state index contributed by atoms with van der Waals surface area (Å²) in [5.74, 6) is 2.83. The summed E-state index contributed by atoms with van der Waals surface area (Å²) in [6.45, 7) is 4.62. The second-order valence-electron chi connectivity index (χ2n) is 9.26. The number of ether oxygens (including phenoxy) is 2. The summed E-state index contributed by atoms with van der Waals surface area (Å²) in [6, 6.07) is 0. The van der Waals surface area contributed by atoms with Crippen LogP contribution in [0.15, 0.2) is 23.3 Å². The normalized spacial score (nSPS) is 41.4. The van der Waals surface area contributed by atoms with Gasteiger partial charge in [-0.3, -0.25) is 4.79 Å². The molecule has 4 rings (SSSR count). The second-order valence-corrected chi connectivity index (χ2v) is 9.26. The van der Waals surface area contributed by atoms with Crippen molar-refractivity contribution in [3.05, 3.63) is 23.3 Å². The van der Waals surface area contributed by atoms with Gasteiger partial charge in [0.05, 0.1) is 12.7 Å². The zero-order chi connectivity index (χ0) is 18.3. The van der Waals surface area contributed by atoms with Crippen LogP contribution in [0, 0.1) is 29.1 Å². The van der Waals surface area contributed by atoms with Crippen LogP contribution in [0.2, 0.25) is 0 Å². The lowest BCUT2D eigenvalue weighted by Crippen LogP contribution is -2.41. The fourth-order valence-corrected chi connectivity index (χ4v) is 6.74. The monoisotopic (exact) mass is 358 g/mol. The van der Waals surface area contributed by atoms with Crippen LogP contribution >= 0.6 is 0 Å². The molecular weight excluding hydrogens is 324 g/mol. The summed E-state index contributed by atoms with van der Waals surface area (Å²) in [7, 11) is 1.86. The topological polar surface area (TPSA) is 35.5 Å².